The summed E-state index contributed by atoms with van der Waals surface area (Å²) in [6, 6.07) is 12.5. The van der Waals surface area contributed by atoms with Crippen molar-refractivity contribution in [2.75, 3.05) is 18.5 Å². The van der Waals surface area contributed by atoms with Gasteiger partial charge in [0.25, 0.3) is 5.91 Å². The van der Waals surface area contributed by atoms with Gasteiger partial charge in [-0.25, -0.2) is 0 Å². The highest BCUT2D eigenvalue weighted by atomic mass is 32.2. The number of thioether (sulfide) groups is 1. The molecule has 3 rings (SSSR count). The van der Waals surface area contributed by atoms with Gasteiger partial charge in [-0.1, -0.05) is 47.7 Å². The van der Waals surface area contributed by atoms with Crippen molar-refractivity contribution in [3.05, 3.63) is 58.5 Å². The number of benzene rings is 2. The van der Waals surface area contributed by atoms with Gasteiger partial charge in [-0.3, -0.25) is 14.5 Å². The summed E-state index contributed by atoms with van der Waals surface area (Å²) in [6.07, 6.45) is 2.52. The van der Waals surface area contributed by atoms with Crippen LogP contribution in [0.1, 0.15) is 30.9 Å². The number of rotatable bonds is 8. The Morgan fingerprint density at radius 1 is 1.26 bits per heavy atom. The molecular weight excluding hydrogens is 432 g/mol. The molecule has 2 N–H and O–H groups in total. The van der Waals surface area contributed by atoms with Crippen molar-refractivity contribution in [1.29, 1.82) is 0 Å². The van der Waals surface area contributed by atoms with Crippen LogP contribution in [0.2, 0.25) is 0 Å². The molecule has 1 saturated heterocycles. The number of thiocarbonyl (C=S) groups is 1. The predicted molar refractivity (Wildman–Crippen MR) is 128 cm³/mol. The second-order valence-corrected chi connectivity index (χ2v) is 8.69. The molecule has 0 aromatic heterocycles. The zero-order valence-electron chi connectivity index (χ0n) is 17.4. The van der Waals surface area contributed by atoms with Crippen LogP contribution in [0.5, 0.6) is 11.5 Å². The lowest BCUT2D eigenvalue weighted by Crippen LogP contribution is -2.29. The minimum Gasteiger partial charge on any atom is -0.504 e. The molecule has 0 spiro atoms. The number of nitrogens with one attached hydrogen (secondary N) is 1. The molecule has 6 nitrogen and oxygen atoms in total. The van der Waals surface area contributed by atoms with Crippen LogP contribution in [0.4, 0.5) is 5.69 Å². The van der Waals surface area contributed by atoms with Gasteiger partial charge < -0.3 is 15.2 Å². The maximum Gasteiger partial charge on any atom is 0.266 e. The van der Waals surface area contributed by atoms with Crippen molar-refractivity contribution in [2.45, 2.75) is 26.7 Å². The zero-order chi connectivity index (χ0) is 22.4. The van der Waals surface area contributed by atoms with Gasteiger partial charge in [-0.15, -0.1) is 0 Å². The Hall–Kier alpha value is -2.84. The second kappa shape index (κ2) is 10.5. The van der Waals surface area contributed by atoms with Crippen molar-refractivity contribution in [3.8, 4) is 11.5 Å². The molecule has 1 aliphatic heterocycles. The molecule has 1 heterocycles. The molecule has 0 radical (unpaired) electrons. The van der Waals surface area contributed by atoms with E-state index in [-0.39, 0.29) is 17.6 Å². The highest BCUT2D eigenvalue weighted by Gasteiger charge is 2.31. The van der Waals surface area contributed by atoms with E-state index in [4.69, 9.17) is 17.0 Å². The number of carbonyl (C=O) groups excluding carboxylic acids is 2. The quantitative estimate of drug-likeness (QED) is 0.442. The first-order valence-corrected chi connectivity index (χ1v) is 11.2. The summed E-state index contributed by atoms with van der Waals surface area (Å²) in [7, 11) is 0. The lowest BCUT2D eigenvalue weighted by atomic mass is 10.2. The van der Waals surface area contributed by atoms with Crippen molar-refractivity contribution >= 4 is 51.9 Å². The van der Waals surface area contributed by atoms with E-state index in [2.05, 4.69) is 5.32 Å². The Kier molecular flexibility index (Phi) is 7.70. The summed E-state index contributed by atoms with van der Waals surface area (Å²) in [5.74, 6) is 0.138. The fraction of sp³-hybridized carbons (Fsp3) is 0.261. The van der Waals surface area contributed by atoms with E-state index in [0.29, 0.717) is 41.0 Å². The molecule has 0 atom stereocenters. The smallest absolute Gasteiger partial charge is 0.266 e. The predicted octanol–water partition coefficient (Wildman–Crippen LogP) is 4.72. The molecule has 0 unspecified atom stereocenters. The number of hydrogen-bond acceptors (Lipinski definition) is 6. The first-order chi connectivity index (χ1) is 14.9. The Bertz CT molecular complexity index is 1020. The van der Waals surface area contributed by atoms with E-state index < -0.39 is 0 Å². The minimum absolute atomic E-state index is 0.0514. The van der Waals surface area contributed by atoms with Crippen LogP contribution in [0.15, 0.2) is 47.4 Å². The number of amides is 2. The average Bonchev–Trinajstić information content (AvgIpc) is 2.99. The van der Waals surface area contributed by atoms with Crippen LogP contribution in [0.3, 0.4) is 0 Å². The number of aryl methyl sites for hydroxylation is 1. The molecule has 8 heteroatoms. The molecule has 162 valence electrons. The molecule has 0 saturated carbocycles. The first kappa shape index (κ1) is 22.8. The molecule has 2 aromatic carbocycles. The lowest BCUT2D eigenvalue weighted by molar-refractivity contribution is -0.122. The zero-order valence-corrected chi connectivity index (χ0v) is 19.0. The largest absolute Gasteiger partial charge is 0.504 e. The molecular formula is C23H24N2O4S2. The molecule has 31 heavy (non-hydrogen) atoms. The monoisotopic (exact) mass is 456 g/mol. The van der Waals surface area contributed by atoms with E-state index in [9.17, 15) is 14.7 Å². The highest BCUT2D eigenvalue weighted by Crippen LogP contribution is 2.34. The maximum absolute atomic E-state index is 12.8. The Balaban J connectivity index is 1.56. The number of nitrogens with zero attached hydrogens (tertiary/aromatic N) is 1. The summed E-state index contributed by atoms with van der Waals surface area (Å²) in [4.78, 5) is 26.9. The number of phenols is 1. The van der Waals surface area contributed by atoms with Gasteiger partial charge in [0.2, 0.25) is 5.91 Å². The van der Waals surface area contributed by atoms with Gasteiger partial charge >= 0.3 is 0 Å². The van der Waals surface area contributed by atoms with Crippen LogP contribution < -0.4 is 10.1 Å². The van der Waals surface area contributed by atoms with E-state index in [0.717, 1.165) is 16.8 Å². The summed E-state index contributed by atoms with van der Waals surface area (Å²) >= 11 is 6.59. The fourth-order valence-electron chi connectivity index (χ4n) is 2.99. The van der Waals surface area contributed by atoms with Crippen LogP contribution in [-0.4, -0.2) is 39.3 Å². The van der Waals surface area contributed by atoms with Crippen LogP contribution in [0, 0.1) is 6.92 Å². The first-order valence-electron chi connectivity index (χ1n) is 9.95. The molecule has 0 bridgehead atoms. The highest BCUT2D eigenvalue weighted by molar-refractivity contribution is 8.26. The number of anilines is 1. The normalized spacial score (nSPS) is 14.9. The van der Waals surface area contributed by atoms with Gasteiger partial charge in [-0.2, -0.15) is 0 Å². The number of phenolic OH excluding ortho intramolecular Hbond substituents is 1. The fourth-order valence-corrected chi connectivity index (χ4v) is 4.30. The van der Waals surface area contributed by atoms with Crippen molar-refractivity contribution < 1.29 is 19.4 Å². The van der Waals surface area contributed by atoms with Crippen molar-refractivity contribution in [1.82, 2.24) is 4.90 Å². The molecule has 1 fully saturated rings. The third-order valence-electron chi connectivity index (χ3n) is 4.58. The molecule has 2 amide bonds. The third-order valence-corrected chi connectivity index (χ3v) is 5.95. The van der Waals surface area contributed by atoms with E-state index in [1.165, 1.54) is 22.7 Å². The van der Waals surface area contributed by atoms with Gasteiger partial charge in [0.15, 0.2) is 11.5 Å². The lowest BCUT2D eigenvalue weighted by Gasteiger charge is -2.14. The minimum atomic E-state index is -0.181. The van der Waals surface area contributed by atoms with E-state index in [1.54, 1.807) is 18.2 Å². The van der Waals surface area contributed by atoms with Gasteiger partial charge in [-0.05, 0) is 56.2 Å². The molecule has 1 aliphatic rings. The topological polar surface area (TPSA) is 78.9 Å². The number of aromatic hydroxyl groups is 1. The summed E-state index contributed by atoms with van der Waals surface area (Å²) in [5.41, 5.74) is 2.62. The standard InChI is InChI=1S/C23H24N2O4S2/c1-3-29-19-13-16(8-11-18(19)26)14-20-22(28)25(23(30)31-20)12-4-5-21(27)24-17-9-6-15(2)7-10-17/h6-11,13-14,26H,3-5,12H2,1-2H3,(H,24,27)/b20-14-. The SMILES string of the molecule is CCOc1cc(/C=C2\SC(=S)N(CCCC(=O)Nc3ccc(C)cc3)C2=O)ccc1O. The molecule has 2 aromatic rings. The van der Waals surface area contributed by atoms with Crippen LogP contribution >= 0.6 is 24.0 Å². The van der Waals surface area contributed by atoms with Crippen molar-refractivity contribution in [2.24, 2.45) is 0 Å². The Morgan fingerprint density at radius 2 is 2.00 bits per heavy atom. The maximum atomic E-state index is 12.8. The van der Waals surface area contributed by atoms with Crippen LogP contribution in [0.25, 0.3) is 6.08 Å². The third kappa shape index (κ3) is 6.08. The summed E-state index contributed by atoms with van der Waals surface area (Å²) in [5, 5.41) is 12.7. The Labute approximate surface area is 191 Å². The average molecular weight is 457 g/mol. The second-order valence-electron chi connectivity index (χ2n) is 7.01. The Morgan fingerprint density at radius 3 is 2.71 bits per heavy atom. The van der Waals surface area contributed by atoms with Gasteiger partial charge in [0, 0.05) is 18.7 Å². The van der Waals surface area contributed by atoms with E-state index in [1.807, 2.05) is 38.1 Å². The number of hydrogen-bond donors (Lipinski definition) is 2. The number of carbonyl (C=O) groups is 2. The van der Waals surface area contributed by atoms with Gasteiger partial charge in [0.1, 0.15) is 4.32 Å². The van der Waals surface area contributed by atoms with Crippen LogP contribution in [-0.2, 0) is 9.59 Å². The van der Waals surface area contributed by atoms with Gasteiger partial charge in [0.05, 0.1) is 11.5 Å². The number of ether oxygens (including phenoxy) is 1. The summed E-state index contributed by atoms with van der Waals surface area (Å²) < 4.78 is 5.86. The summed E-state index contributed by atoms with van der Waals surface area (Å²) in [6.45, 7) is 4.62. The molecule has 0 aliphatic carbocycles. The van der Waals surface area contributed by atoms with E-state index >= 15 is 0 Å². The van der Waals surface area contributed by atoms with Crippen molar-refractivity contribution in [3.63, 3.8) is 0 Å².